The fourth-order valence-corrected chi connectivity index (χ4v) is 4.00. The molecule has 1 aromatic heterocycles. The molecule has 2 heterocycles. The fraction of sp³-hybridized carbons (Fsp3) is 0. The highest BCUT2D eigenvalue weighted by Gasteiger charge is 2.16. The summed E-state index contributed by atoms with van der Waals surface area (Å²) in [5.41, 5.74) is 5.15. The first kappa shape index (κ1) is 15.9. The maximum Gasteiger partial charge on any atom is 0.227 e. The van der Waals surface area contributed by atoms with Gasteiger partial charge in [-0.3, -0.25) is 0 Å². The van der Waals surface area contributed by atoms with E-state index in [9.17, 15) is 0 Å². The van der Waals surface area contributed by atoms with Crippen LogP contribution in [0, 0.1) is 0 Å². The molecule has 2 N–H and O–H groups in total. The molecule has 0 atom stereocenters. The van der Waals surface area contributed by atoms with Crippen molar-refractivity contribution in [2.24, 2.45) is 0 Å². The van der Waals surface area contributed by atoms with Gasteiger partial charge in [-0.15, -0.1) is 0 Å². The number of hydrogen-bond acceptors (Lipinski definition) is 5. The molecule has 3 aromatic carbocycles. The number of anilines is 4. The van der Waals surface area contributed by atoms with Gasteiger partial charge in [-0.25, -0.2) is 9.97 Å². The minimum absolute atomic E-state index is 0.587. The molecular weight excluding hydrogens is 352 g/mol. The second kappa shape index (κ2) is 6.78. The highest BCUT2D eigenvalue weighted by molar-refractivity contribution is 7.99. The van der Waals surface area contributed by atoms with E-state index in [0.29, 0.717) is 5.95 Å². The molecule has 0 spiro atoms. The van der Waals surface area contributed by atoms with Crippen LogP contribution in [0.25, 0.3) is 11.3 Å². The van der Waals surface area contributed by atoms with E-state index in [2.05, 4.69) is 57.0 Å². The van der Waals surface area contributed by atoms with Gasteiger partial charge in [0.2, 0.25) is 5.95 Å². The van der Waals surface area contributed by atoms with Gasteiger partial charge in [0.1, 0.15) is 0 Å². The maximum atomic E-state index is 4.67. The molecule has 27 heavy (non-hydrogen) atoms. The van der Waals surface area contributed by atoms with E-state index in [0.717, 1.165) is 28.3 Å². The molecule has 0 bridgehead atoms. The fourth-order valence-electron chi connectivity index (χ4n) is 3.03. The number of para-hydroxylation sites is 2. The predicted molar refractivity (Wildman–Crippen MR) is 111 cm³/mol. The highest BCUT2D eigenvalue weighted by atomic mass is 32.2. The molecule has 1 aliphatic heterocycles. The first-order valence-corrected chi connectivity index (χ1v) is 9.50. The average Bonchev–Trinajstić information content (AvgIpc) is 2.73. The van der Waals surface area contributed by atoms with Gasteiger partial charge in [-0.1, -0.05) is 48.2 Å². The zero-order valence-electron chi connectivity index (χ0n) is 14.4. The lowest BCUT2D eigenvalue weighted by atomic mass is 10.1. The molecule has 5 rings (SSSR count). The lowest BCUT2D eigenvalue weighted by molar-refractivity contribution is 1.17. The molecule has 0 amide bonds. The first-order valence-electron chi connectivity index (χ1n) is 8.69. The molecule has 0 saturated heterocycles. The van der Waals surface area contributed by atoms with Crippen molar-refractivity contribution < 1.29 is 0 Å². The van der Waals surface area contributed by atoms with Crippen LogP contribution >= 0.6 is 11.8 Å². The Morgan fingerprint density at radius 2 is 1.59 bits per heavy atom. The topological polar surface area (TPSA) is 49.8 Å². The van der Waals surface area contributed by atoms with Crippen molar-refractivity contribution in [3.8, 4) is 11.3 Å². The Morgan fingerprint density at radius 3 is 2.52 bits per heavy atom. The molecule has 0 radical (unpaired) electrons. The van der Waals surface area contributed by atoms with Crippen LogP contribution < -0.4 is 10.6 Å². The quantitative estimate of drug-likeness (QED) is 0.403. The Balaban J connectivity index is 1.45. The Kier molecular flexibility index (Phi) is 3.99. The zero-order valence-corrected chi connectivity index (χ0v) is 15.2. The SMILES string of the molecule is c1ccc(Nc2nccc(-c3ccc4c(c3)Nc3ccccc3S4)n2)cc1. The van der Waals surface area contributed by atoms with Gasteiger partial charge in [0.25, 0.3) is 0 Å². The van der Waals surface area contributed by atoms with Gasteiger partial charge in [-0.05, 0) is 42.5 Å². The summed E-state index contributed by atoms with van der Waals surface area (Å²) in [6.07, 6.45) is 1.78. The van der Waals surface area contributed by atoms with Gasteiger partial charge in [-0.2, -0.15) is 0 Å². The monoisotopic (exact) mass is 368 g/mol. The molecule has 4 nitrogen and oxygen atoms in total. The molecule has 0 unspecified atom stereocenters. The summed E-state index contributed by atoms with van der Waals surface area (Å²) in [6, 6.07) is 26.6. The summed E-state index contributed by atoms with van der Waals surface area (Å²) in [5.74, 6) is 0.587. The second-order valence-electron chi connectivity index (χ2n) is 6.19. The predicted octanol–water partition coefficient (Wildman–Crippen LogP) is 6.10. The van der Waals surface area contributed by atoms with Crippen molar-refractivity contribution in [2.75, 3.05) is 10.6 Å². The minimum Gasteiger partial charge on any atom is -0.354 e. The molecule has 0 saturated carbocycles. The van der Waals surface area contributed by atoms with E-state index in [1.807, 2.05) is 42.5 Å². The largest absolute Gasteiger partial charge is 0.354 e. The number of hydrogen-bond donors (Lipinski definition) is 2. The lowest BCUT2D eigenvalue weighted by Gasteiger charge is -2.21. The minimum atomic E-state index is 0.587. The van der Waals surface area contributed by atoms with Crippen LogP contribution in [0.4, 0.5) is 23.0 Å². The molecule has 0 fully saturated rings. The summed E-state index contributed by atoms with van der Waals surface area (Å²) in [6.45, 7) is 0. The summed E-state index contributed by atoms with van der Waals surface area (Å²) >= 11 is 1.78. The summed E-state index contributed by atoms with van der Waals surface area (Å²) < 4.78 is 0. The third kappa shape index (κ3) is 3.25. The molecular formula is C22H16N4S. The van der Waals surface area contributed by atoms with Gasteiger partial charge >= 0.3 is 0 Å². The molecule has 130 valence electrons. The average molecular weight is 368 g/mol. The van der Waals surface area contributed by atoms with Crippen LogP contribution in [0.3, 0.4) is 0 Å². The van der Waals surface area contributed by atoms with E-state index >= 15 is 0 Å². The number of benzene rings is 3. The van der Waals surface area contributed by atoms with Gasteiger partial charge < -0.3 is 10.6 Å². The number of nitrogens with zero attached hydrogens (tertiary/aromatic N) is 2. The van der Waals surface area contributed by atoms with E-state index in [1.54, 1.807) is 18.0 Å². The Hall–Kier alpha value is -3.31. The van der Waals surface area contributed by atoms with Crippen molar-refractivity contribution in [3.05, 3.63) is 85.1 Å². The van der Waals surface area contributed by atoms with Crippen LogP contribution in [0.15, 0.2) is 94.9 Å². The van der Waals surface area contributed by atoms with Crippen LogP contribution in [0.2, 0.25) is 0 Å². The summed E-state index contributed by atoms with van der Waals surface area (Å²) in [4.78, 5) is 11.5. The number of fused-ring (bicyclic) bond motifs is 2. The van der Waals surface area contributed by atoms with E-state index in [4.69, 9.17) is 0 Å². The smallest absolute Gasteiger partial charge is 0.227 e. The van der Waals surface area contributed by atoms with Crippen molar-refractivity contribution in [1.29, 1.82) is 0 Å². The number of nitrogens with one attached hydrogen (secondary N) is 2. The van der Waals surface area contributed by atoms with Crippen LogP contribution in [0.5, 0.6) is 0 Å². The van der Waals surface area contributed by atoms with Crippen molar-refractivity contribution in [2.45, 2.75) is 9.79 Å². The third-order valence-electron chi connectivity index (χ3n) is 4.34. The normalized spacial score (nSPS) is 11.9. The Labute approximate surface area is 161 Å². The highest BCUT2D eigenvalue weighted by Crippen LogP contribution is 2.44. The van der Waals surface area contributed by atoms with Gasteiger partial charge in [0, 0.05) is 27.2 Å². The maximum absolute atomic E-state index is 4.67. The third-order valence-corrected chi connectivity index (χ3v) is 5.49. The van der Waals surface area contributed by atoms with Crippen molar-refractivity contribution in [3.63, 3.8) is 0 Å². The van der Waals surface area contributed by atoms with E-state index in [-0.39, 0.29) is 0 Å². The summed E-state index contributed by atoms with van der Waals surface area (Å²) in [7, 11) is 0. The Bertz CT molecular complexity index is 1110. The molecule has 0 aliphatic carbocycles. The van der Waals surface area contributed by atoms with Crippen LogP contribution in [-0.2, 0) is 0 Å². The zero-order chi connectivity index (χ0) is 18.1. The van der Waals surface area contributed by atoms with E-state index < -0.39 is 0 Å². The molecule has 5 heteroatoms. The van der Waals surface area contributed by atoms with Gasteiger partial charge in [0.15, 0.2) is 0 Å². The Morgan fingerprint density at radius 1 is 0.778 bits per heavy atom. The number of aromatic nitrogens is 2. The summed E-state index contributed by atoms with van der Waals surface area (Å²) in [5, 5.41) is 6.77. The first-order chi connectivity index (χ1) is 13.3. The van der Waals surface area contributed by atoms with Crippen LogP contribution in [0.1, 0.15) is 0 Å². The standard InChI is InChI=1S/C22H16N4S/c1-2-6-16(7-3-1)24-22-23-13-12-17(26-22)15-10-11-21-19(14-15)25-18-8-4-5-9-20(18)27-21/h1-14,25H,(H,23,24,26). The van der Waals surface area contributed by atoms with Crippen LogP contribution in [-0.4, -0.2) is 9.97 Å². The lowest BCUT2D eigenvalue weighted by Crippen LogP contribution is -2.01. The van der Waals surface area contributed by atoms with Crippen molar-refractivity contribution >= 4 is 34.8 Å². The number of rotatable bonds is 3. The molecule has 4 aromatic rings. The molecule has 1 aliphatic rings. The second-order valence-corrected chi connectivity index (χ2v) is 7.27. The van der Waals surface area contributed by atoms with Crippen molar-refractivity contribution in [1.82, 2.24) is 9.97 Å². The van der Waals surface area contributed by atoms with Gasteiger partial charge in [0.05, 0.1) is 17.1 Å². The van der Waals surface area contributed by atoms with E-state index in [1.165, 1.54) is 9.79 Å².